The Morgan fingerprint density at radius 2 is 1.57 bits per heavy atom. The fourth-order valence-electron chi connectivity index (χ4n) is 7.51. The number of fused-ring (bicyclic) bond motifs is 1. The van der Waals surface area contributed by atoms with E-state index in [-0.39, 0.29) is 25.2 Å². The normalized spacial score (nSPS) is 32.8. The van der Waals surface area contributed by atoms with E-state index in [0.717, 1.165) is 36.1 Å². The van der Waals surface area contributed by atoms with Crippen molar-refractivity contribution in [1.82, 2.24) is 5.32 Å². The Hall–Kier alpha value is -3.32. The van der Waals surface area contributed by atoms with Crippen molar-refractivity contribution in [1.29, 1.82) is 0 Å². The average Bonchev–Trinajstić information content (AvgIpc) is 3.74. The van der Waals surface area contributed by atoms with Gasteiger partial charge in [-0.05, 0) is 57.9 Å². The number of alkyl carbamates (subject to hydrolysis) is 1. The van der Waals surface area contributed by atoms with Crippen molar-refractivity contribution < 1.29 is 66.9 Å². The highest BCUT2D eigenvalue weighted by molar-refractivity contribution is 7.99. The zero-order valence-electron chi connectivity index (χ0n) is 34.0. The first-order chi connectivity index (χ1) is 27.9. The van der Waals surface area contributed by atoms with E-state index in [0.29, 0.717) is 13.2 Å². The fraction of sp³-hybridized carbons (Fsp3) is 0.643. The molecule has 11 atom stereocenters. The average molecular weight is 832 g/mol. The summed E-state index contributed by atoms with van der Waals surface area (Å²) in [5, 5.41) is 15.0. The van der Waals surface area contributed by atoms with Crippen molar-refractivity contribution in [2.45, 2.75) is 144 Å². The van der Waals surface area contributed by atoms with Gasteiger partial charge in [0.25, 0.3) is 5.79 Å². The molecule has 4 aliphatic heterocycles. The maximum atomic E-state index is 14.3. The maximum Gasteiger partial charge on any atom is 0.407 e. The van der Waals surface area contributed by atoms with Crippen LogP contribution in [-0.4, -0.2) is 129 Å². The van der Waals surface area contributed by atoms with Crippen molar-refractivity contribution in [3.63, 3.8) is 0 Å². The second-order valence-electron chi connectivity index (χ2n) is 15.4. The molecule has 0 spiro atoms. The van der Waals surface area contributed by atoms with Gasteiger partial charge in [0.15, 0.2) is 11.9 Å². The predicted octanol–water partition coefficient (Wildman–Crippen LogP) is 5.07. The number of benzene rings is 2. The Bertz CT molecular complexity index is 1660. The molecule has 4 heterocycles. The quantitative estimate of drug-likeness (QED) is 0.116. The van der Waals surface area contributed by atoms with E-state index in [1.165, 1.54) is 18.9 Å². The number of aliphatic hydroxyl groups is 1. The summed E-state index contributed by atoms with van der Waals surface area (Å²) in [5.74, 6) is -5.10. The van der Waals surface area contributed by atoms with Crippen LogP contribution in [0.15, 0.2) is 59.5 Å². The lowest BCUT2D eigenvalue weighted by Crippen LogP contribution is -2.68. The van der Waals surface area contributed by atoms with Gasteiger partial charge in [0.2, 0.25) is 0 Å². The van der Waals surface area contributed by atoms with Crippen LogP contribution in [0.25, 0.3) is 0 Å². The zero-order chi connectivity index (χ0) is 41.5. The van der Waals surface area contributed by atoms with Crippen molar-refractivity contribution in [3.8, 4) is 0 Å². The Kier molecular flexibility index (Phi) is 15.1. The number of methoxy groups -OCH3 is 1. The summed E-state index contributed by atoms with van der Waals surface area (Å²) in [6, 6.07) is 15.3. The number of hydrogen-bond acceptors (Lipinski definition) is 15. The molecule has 0 aliphatic carbocycles. The zero-order valence-corrected chi connectivity index (χ0v) is 34.8. The van der Waals surface area contributed by atoms with Gasteiger partial charge in [-0.15, -0.1) is 0 Å². The summed E-state index contributed by atoms with van der Waals surface area (Å²) in [4.78, 5) is 41.8. The van der Waals surface area contributed by atoms with Gasteiger partial charge in [0, 0.05) is 18.1 Å². The Balaban J connectivity index is 1.40. The van der Waals surface area contributed by atoms with Crippen LogP contribution in [0.4, 0.5) is 4.79 Å². The number of hydrogen-bond donors (Lipinski definition) is 2. The number of esters is 2. The lowest BCUT2D eigenvalue weighted by Gasteiger charge is -2.49. The molecule has 58 heavy (non-hydrogen) atoms. The summed E-state index contributed by atoms with van der Waals surface area (Å²) >= 11 is 1.26. The van der Waals surface area contributed by atoms with Gasteiger partial charge in [0.1, 0.15) is 48.2 Å². The third kappa shape index (κ3) is 10.5. The third-order valence-corrected chi connectivity index (χ3v) is 11.6. The Morgan fingerprint density at radius 3 is 2.22 bits per heavy atom. The molecule has 0 saturated carbocycles. The van der Waals surface area contributed by atoms with Gasteiger partial charge in [-0.2, -0.15) is 0 Å². The van der Waals surface area contributed by atoms with Gasteiger partial charge in [-0.3, -0.25) is 0 Å². The Labute approximate surface area is 344 Å². The molecule has 4 aliphatic rings. The fourth-order valence-corrected chi connectivity index (χ4v) is 8.61. The first-order valence-corrected chi connectivity index (χ1v) is 21.0. The van der Waals surface area contributed by atoms with E-state index in [2.05, 4.69) is 12.2 Å². The Morgan fingerprint density at radius 1 is 0.897 bits per heavy atom. The second kappa shape index (κ2) is 19.8. The molecule has 6 rings (SSSR count). The molecule has 4 saturated heterocycles. The molecule has 1 amide bonds. The van der Waals surface area contributed by atoms with Gasteiger partial charge in [0.05, 0.1) is 38.3 Å². The minimum Gasteiger partial charge on any atom is -0.465 e. The number of thioether (sulfide) groups is 1. The number of rotatable bonds is 18. The summed E-state index contributed by atoms with van der Waals surface area (Å²) in [6.45, 7) is 10.6. The molecule has 4 fully saturated rings. The SMILES string of the molecule is CCCCOCC1O[C@@H](Sc2ccc(C)cc2)[C@@H](OC(=O)c2ccccc2)C(O[C@]2(C(=O)OC)C[C@H]3OC(=O)N[C@H]3C([C@@H]3OC(C)(C)O[C@@H]3COCCCC)O2)[C@H]1O. The largest absolute Gasteiger partial charge is 0.465 e. The van der Waals surface area contributed by atoms with Crippen LogP contribution in [0.3, 0.4) is 0 Å². The van der Waals surface area contributed by atoms with Crippen molar-refractivity contribution in [2.75, 3.05) is 33.5 Å². The minimum absolute atomic E-state index is 0.0334. The summed E-state index contributed by atoms with van der Waals surface area (Å²) in [7, 11) is 1.17. The molecule has 2 aromatic rings. The van der Waals surface area contributed by atoms with E-state index in [1.54, 1.807) is 44.2 Å². The number of aryl methyl sites for hydroxylation is 1. The van der Waals surface area contributed by atoms with Crippen LogP contribution in [0.1, 0.15) is 75.7 Å². The number of carbonyl (C=O) groups is 3. The van der Waals surface area contributed by atoms with Crippen LogP contribution in [0.2, 0.25) is 0 Å². The minimum atomic E-state index is -2.33. The van der Waals surface area contributed by atoms with Crippen molar-refractivity contribution >= 4 is 29.8 Å². The molecule has 0 radical (unpaired) electrons. The van der Waals surface area contributed by atoms with E-state index in [1.807, 2.05) is 38.1 Å². The number of aliphatic hydroxyl groups excluding tert-OH is 1. The van der Waals surface area contributed by atoms with Crippen LogP contribution in [-0.2, 0) is 52.2 Å². The number of amides is 1. The molecular weight excluding hydrogens is 775 g/mol. The number of nitrogens with one attached hydrogen (secondary N) is 1. The van der Waals surface area contributed by atoms with Gasteiger partial charge in [-0.1, -0.05) is 74.3 Å². The van der Waals surface area contributed by atoms with Crippen LogP contribution >= 0.6 is 11.8 Å². The van der Waals surface area contributed by atoms with Crippen molar-refractivity contribution in [2.24, 2.45) is 0 Å². The lowest BCUT2D eigenvalue weighted by molar-refractivity contribution is -0.345. The second-order valence-corrected chi connectivity index (χ2v) is 16.6. The molecule has 3 unspecified atom stereocenters. The molecule has 320 valence electrons. The first-order valence-electron chi connectivity index (χ1n) is 20.1. The summed E-state index contributed by atoms with van der Waals surface area (Å²) in [6.07, 6.45) is -6.62. The molecule has 2 aromatic carbocycles. The highest BCUT2D eigenvalue weighted by Crippen LogP contribution is 2.45. The van der Waals surface area contributed by atoms with Crippen LogP contribution in [0.5, 0.6) is 0 Å². The standard InChI is InChI=1S/C42H57NO14S/c1-7-9-20-49-23-29-32(44)35(36(53-37(45)26-14-12-11-13-15-26)38(51-29)58-27-18-16-25(3)17-19-27)57-42(39(46)48-6)22-28-31(43-40(47)52-28)34(56-42)33-30(24-50-21-10-8-2)54-41(4,5)55-33/h11-19,28-36,38,44H,7-10,20-24H2,1-6H3,(H,43,47)/t28-,29?,30-,31-,32+,33-,34?,35?,36+,38+,42+/m1/s1. The third-order valence-electron chi connectivity index (χ3n) is 10.5. The summed E-state index contributed by atoms with van der Waals surface area (Å²) < 4.78 is 62.0. The smallest absolute Gasteiger partial charge is 0.407 e. The van der Waals surface area contributed by atoms with E-state index >= 15 is 0 Å². The number of carbonyl (C=O) groups excluding carboxylic acids is 3. The van der Waals surface area contributed by atoms with Crippen LogP contribution in [0, 0.1) is 6.92 Å². The molecule has 0 bridgehead atoms. The van der Waals surface area contributed by atoms with Gasteiger partial charge < -0.3 is 57.8 Å². The van der Waals surface area contributed by atoms with Gasteiger partial charge >= 0.3 is 18.0 Å². The van der Waals surface area contributed by atoms with E-state index < -0.39 is 89.9 Å². The number of ether oxygens (including phenoxy) is 10. The monoisotopic (exact) mass is 831 g/mol. The van der Waals surface area contributed by atoms with Gasteiger partial charge in [-0.25, -0.2) is 14.4 Å². The highest BCUT2D eigenvalue weighted by atomic mass is 32.2. The van der Waals surface area contributed by atoms with E-state index in [9.17, 15) is 19.5 Å². The molecule has 16 heteroatoms. The van der Waals surface area contributed by atoms with E-state index in [4.69, 9.17) is 47.4 Å². The topological polar surface area (TPSA) is 176 Å². The molecule has 0 aromatic heterocycles. The maximum absolute atomic E-state index is 14.3. The first kappa shape index (κ1) is 44.2. The predicted molar refractivity (Wildman–Crippen MR) is 209 cm³/mol. The van der Waals surface area contributed by atoms with Crippen molar-refractivity contribution in [3.05, 3.63) is 65.7 Å². The molecular formula is C42H57NO14S. The molecule has 2 N–H and O–H groups in total. The lowest BCUT2D eigenvalue weighted by atomic mass is 9.88. The number of unbranched alkanes of at least 4 members (excludes halogenated alkanes) is 2. The highest BCUT2D eigenvalue weighted by Gasteiger charge is 2.64. The molecule has 15 nitrogen and oxygen atoms in total. The summed E-state index contributed by atoms with van der Waals surface area (Å²) in [5.41, 5.74) is 0.309. The van der Waals surface area contributed by atoms with Crippen LogP contribution < -0.4 is 5.32 Å².